The molecule has 1 aromatic carbocycles. The molecular weight excluding hydrogens is 206 g/mol. The van der Waals surface area contributed by atoms with Crippen LogP contribution >= 0.6 is 11.8 Å². The summed E-state index contributed by atoms with van der Waals surface area (Å²) in [6.07, 6.45) is 2.20. The molecule has 0 unspecified atom stereocenters. The number of fused-ring (bicyclic) bond motifs is 1. The summed E-state index contributed by atoms with van der Waals surface area (Å²) in [5, 5.41) is 0. The van der Waals surface area contributed by atoms with E-state index in [4.69, 9.17) is 0 Å². The van der Waals surface area contributed by atoms with Crippen molar-refractivity contribution in [2.75, 3.05) is 17.2 Å². The molecule has 1 aromatic rings. The average Bonchev–Trinajstić information content (AvgIpc) is 2.28. The van der Waals surface area contributed by atoms with Gasteiger partial charge in [-0.25, -0.2) is 0 Å². The van der Waals surface area contributed by atoms with E-state index in [9.17, 15) is 4.79 Å². The lowest BCUT2D eigenvalue weighted by Crippen LogP contribution is -2.36. The van der Waals surface area contributed by atoms with Gasteiger partial charge in [0.25, 0.3) is 0 Å². The number of nitrogens with zero attached hydrogens (tertiary/aromatic N) is 1. The molecule has 0 atom stereocenters. The SMILES string of the molecule is CCCCN1C(=O)CSc2ccccc21. The smallest absolute Gasteiger partial charge is 0.237 e. The molecular formula is C12H15NOS. The fourth-order valence-corrected chi connectivity index (χ4v) is 2.65. The first kappa shape index (κ1) is 10.6. The summed E-state index contributed by atoms with van der Waals surface area (Å²) in [5.74, 6) is 0.827. The van der Waals surface area contributed by atoms with Gasteiger partial charge >= 0.3 is 0 Å². The maximum atomic E-state index is 11.8. The van der Waals surface area contributed by atoms with Crippen molar-refractivity contribution in [3.63, 3.8) is 0 Å². The van der Waals surface area contributed by atoms with Gasteiger partial charge in [0.1, 0.15) is 0 Å². The third-order valence-electron chi connectivity index (χ3n) is 2.54. The van der Waals surface area contributed by atoms with Gasteiger partial charge in [0, 0.05) is 11.4 Å². The zero-order valence-electron chi connectivity index (χ0n) is 8.90. The van der Waals surface area contributed by atoms with Gasteiger partial charge in [0.2, 0.25) is 5.91 Å². The minimum atomic E-state index is 0.243. The van der Waals surface area contributed by atoms with Crippen LogP contribution in [0, 0.1) is 0 Å². The zero-order chi connectivity index (χ0) is 10.7. The summed E-state index contributed by atoms with van der Waals surface area (Å²) >= 11 is 1.64. The number of unbranched alkanes of at least 4 members (excludes halogenated alkanes) is 1. The molecule has 0 aliphatic carbocycles. The predicted molar refractivity (Wildman–Crippen MR) is 64.4 cm³/mol. The summed E-state index contributed by atoms with van der Waals surface area (Å²) in [4.78, 5) is 14.9. The number of anilines is 1. The highest BCUT2D eigenvalue weighted by Crippen LogP contribution is 2.34. The Hall–Kier alpha value is -0.960. The quantitative estimate of drug-likeness (QED) is 0.782. The number of amides is 1. The van der Waals surface area contributed by atoms with Crippen molar-refractivity contribution >= 4 is 23.4 Å². The van der Waals surface area contributed by atoms with Gasteiger partial charge in [0.05, 0.1) is 11.4 Å². The van der Waals surface area contributed by atoms with Gasteiger partial charge in [-0.05, 0) is 18.6 Å². The van der Waals surface area contributed by atoms with Crippen molar-refractivity contribution in [2.24, 2.45) is 0 Å². The number of para-hydroxylation sites is 1. The molecule has 3 heteroatoms. The third-order valence-corrected chi connectivity index (χ3v) is 3.59. The highest BCUT2D eigenvalue weighted by molar-refractivity contribution is 8.00. The number of hydrogen-bond acceptors (Lipinski definition) is 2. The summed E-state index contributed by atoms with van der Waals surface area (Å²) < 4.78 is 0. The maximum absolute atomic E-state index is 11.8. The topological polar surface area (TPSA) is 20.3 Å². The van der Waals surface area contributed by atoms with Gasteiger partial charge in [0.15, 0.2) is 0 Å². The molecule has 80 valence electrons. The molecule has 1 heterocycles. The van der Waals surface area contributed by atoms with Crippen LogP contribution in [0.3, 0.4) is 0 Å². The Kier molecular flexibility index (Phi) is 3.31. The summed E-state index contributed by atoms with van der Waals surface area (Å²) in [6.45, 7) is 3.00. The summed E-state index contributed by atoms with van der Waals surface area (Å²) in [6, 6.07) is 8.15. The Morgan fingerprint density at radius 1 is 1.40 bits per heavy atom. The molecule has 2 rings (SSSR count). The Morgan fingerprint density at radius 2 is 2.20 bits per heavy atom. The molecule has 0 N–H and O–H groups in total. The maximum Gasteiger partial charge on any atom is 0.237 e. The fourth-order valence-electron chi connectivity index (χ4n) is 1.72. The number of hydrogen-bond donors (Lipinski definition) is 0. The van der Waals surface area contributed by atoms with E-state index in [0.717, 1.165) is 25.1 Å². The van der Waals surface area contributed by atoms with E-state index in [2.05, 4.69) is 13.0 Å². The van der Waals surface area contributed by atoms with Crippen molar-refractivity contribution in [3.05, 3.63) is 24.3 Å². The number of carbonyl (C=O) groups is 1. The molecule has 0 radical (unpaired) electrons. The van der Waals surface area contributed by atoms with Gasteiger partial charge < -0.3 is 4.90 Å². The lowest BCUT2D eigenvalue weighted by molar-refractivity contribution is -0.116. The lowest BCUT2D eigenvalue weighted by Gasteiger charge is -2.28. The zero-order valence-corrected chi connectivity index (χ0v) is 9.72. The Balaban J connectivity index is 2.25. The van der Waals surface area contributed by atoms with Gasteiger partial charge in [-0.1, -0.05) is 25.5 Å². The molecule has 2 nitrogen and oxygen atoms in total. The van der Waals surface area contributed by atoms with Crippen LogP contribution in [0.2, 0.25) is 0 Å². The number of thioether (sulfide) groups is 1. The van der Waals surface area contributed by atoms with E-state index in [1.807, 2.05) is 23.1 Å². The first-order chi connectivity index (χ1) is 7.33. The minimum absolute atomic E-state index is 0.243. The molecule has 0 spiro atoms. The van der Waals surface area contributed by atoms with Crippen LogP contribution in [0.25, 0.3) is 0 Å². The molecule has 1 amide bonds. The van der Waals surface area contributed by atoms with E-state index in [-0.39, 0.29) is 5.91 Å². The molecule has 0 saturated heterocycles. The number of benzene rings is 1. The first-order valence-electron chi connectivity index (χ1n) is 5.35. The predicted octanol–water partition coefficient (Wildman–Crippen LogP) is 2.93. The van der Waals surface area contributed by atoms with Crippen LogP contribution in [-0.4, -0.2) is 18.2 Å². The van der Waals surface area contributed by atoms with E-state index < -0.39 is 0 Å². The third kappa shape index (κ3) is 2.17. The Morgan fingerprint density at radius 3 is 3.00 bits per heavy atom. The molecule has 15 heavy (non-hydrogen) atoms. The second kappa shape index (κ2) is 4.71. The van der Waals surface area contributed by atoms with E-state index in [1.165, 1.54) is 4.90 Å². The van der Waals surface area contributed by atoms with Crippen LogP contribution < -0.4 is 4.90 Å². The van der Waals surface area contributed by atoms with E-state index in [1.54, 1.807) is 11.8 Å². The number of carbonyl (C=O) groups excluding carboxylic acids is 1. The summed E-state index contributed by atoms with van der Waals surface area (Å²) in [7, 11) is 0. The van der Waals surface area contributed by atoms with Crippen molar-refractivity contribution in [1.82, 2.24) is 0 Å². The first-order valence-corrected chi connectivity index (χ1v) is 6.33. The highest BCUT2D eigenvalue weighted by Gasteiger charge is 2.23. The van der Waals surface area contributed by atoms with Crippen LogP contribution in [0.15, 0.2) is 29.2 Å². The van der Waals surface area contributed by atoms with Crippen LogP contribution in [-0.2, 0) is 4.79 Å². The minimum Gasteiger partial charge on any atom is -0.311 e. The molecule has 0 aromatic heterocycles. The molecule has 1 aliphatic rings. The molecule has 1 aliphatic heterocycles. The summed E-state index contributed by atoms with van der Waals surface area (Å²) in [5.41, 5.74) is 1.09. The van der Waals surface area contributed by atoms with Gasteiger partial charge in [-0.2, -0.15) is 0 Å². The Labute approximate surface area is 94.7 Å². The highest BCUT2D eigenvalue weighted by atomic mass is 32.2. The van der Waals surface area contributed by atoms with Gasteiger partial charge in [-0.3, -0.25) is 4.79 Å². The lowest BCUT2D eigenvalue weighted by atomic mass is 10.2. The molecule has 0 saturated carbocycles. The average molecular weight is 221 g/mol. The van der Waals surface area contributed by atoms with Crippen LogP contribution in [0.5, 0.6) is 0 Å². The van der Waals surface area contributed by atoms with Crippen molar-refractivity contribution in [2.45, 2.75) is 24.7 Å². The molecule has 0 fully saturated rings. The fraction of sp³-hybridized carbons (Fsp3) is 0.417. The van der Waals surface area contributed by atoms with Crippen LogP contribution in [0.1, 0.15) is 19.8 Å². The van der Waals surface area contributed by atoms with E-state index >= 15 is 0 Å². The van der Waals surface area contributed by atoms with Gasteiger partial charge in [-0.15, -0.1) is 11.8 Å². The standard InChI is InChI=1S/C12H15NOS/c1-2-3-8-13-10-6-4-5-7-11(10)15-9-12(13)14/h4-7H,2-3,8-9H2,1H3. The number of rotatable bonds is 3. The largest absolute Gasteiger partial charge is 0.311 e. The van der Waals surface area contributed by atoms with Crippen molar-refractivity contribution in [3.8, 4) is 0 Å². The van der Waals surface area contributed by atoms with Crippen LogP contribution in [0.4, 0.5) is 5.69 Å². The molecule has 0 bridgehead atoms. The second-order valence-electron chi connectivity index (χ2n) is 3.66. The van der Waals surface area contributed by atoms with E-state index in [0.29, 0.717) is 5.75 Å². The monoisotopic (exact) mass is 221 g/mol. The normalized spacial score (nSPS) is 15.3. The second-order valence-corrected chi connectivity index (χ2v) is 4.67. The Bertz CT molecular complexity index is 364. The van der Waals surface area contributed by atoms with Crippen molar-refractivity contribution in [1.29, 1.82) is 0 Å². The van der Waals surface area contributed by atoms with Crippen molar-refractivity contribution < 1.29 is 4.79 Å².